The van der Waals surface area contributed by atoms with Crippen molar-refractivity contribution in [2.24, 2.45) is 0 Å². The maximum Gasteiger partial charge on any atom is 0.339 e. The first-order valence-corrected chi connectivity index (χ1v) is 11.7. The Labute approximate surface area is 190 Å². The number of nitrogens with one attached hydrogen (secondary N) is 1. The molecule has 5 nitrogen and oxygen atoms in total. The molecule has 0 unspecified atom stereocenters. The average molecular weight is 511 g/mol. The van der Waals surface area contributed by atoms with Gasteiger partial charge in [-0.25, -0.2) is 0 Å². The Kier molecular flexibility index (Phi) is 6.95. The lowest BCUT2D eigenvalue weighted by Crippen LogP contribution is -2.11. The quantitative estimate of drug-likeness (QED) is 0.389. The van der Waals surface area contributed by atoms with Crippen molar-refractivity contribution < 1.29 is 17.3 Å². The Hall–Kier alpha value is -2.22. The number of anilines is 1. The van der Waals surface area contributed by atoms with Crippen molar-refractivity contribution in [3.05, 3.63) is 80.8 Å². The summed E-state index contributed by atoms with van der Waals surface area (Å²) in [5.41, 5.74) is 3.70. The number of methoxy groups -OCH3 is 1. The zero-order valence-corrected chi connectivity index (χ0v) is 19.9. The maximum absolute atomic E-state index is 12.7. The molecule has 0 saturated heterocycles. The summed E-state index contributed by atoms with van der Waals surface area (Å²) >= 11 is 9.58. The zero-order valence-electron chi connectivity index (χ0n) is 16.7. The molecule has 3 aromatic carbocycles. The Morgan fingerprint density at radius 1 is 1.07 bits per heavy atom. The van der Waals surface area contributed by atoms with E-state index in [4.69, 9.17) is 20.5 Å². The Balaban J connectivity index is 1.85. The van der Waals surface area contributed by atoms with Gasteiger partial charge in [0, 0.05) is 17.3 Å². The molecule has 30 heavy (non-hydrogen) atoms. The van der Waals surface area contributed by atoms with E-state index in [1.807, 2.05) is 32.0 Å². The third-order valence-electron chi connectivity index (χ3n) is 4.54. The van der Waals surface area contributed by atoms with Crippen LogP contribution in [0.3, 0.4) is 0 Å². The number of benzene rings is 3. The molecule has 8 heteroatoms. The number of aryl methyl sites for hydroxylation is 1. The van der Waals surface area contributed by atoms with E-state index in [-0.39, 0.29) is 10.6 Å². The van der Waals surface area contributed by atoms with Crippen LogP contribution in [0.25, 0.3) is 0 Å². The van der Waals surface area contributed by atoms with Crippen LogP contribution in [0, 0.1) is 13.8 Å². The van der Waals surface area contributed by atoms with Crippen molar-refractivity contribution in [1.82, 2.24) is 0 Å². The Morgan fingerprint density at radius 3 is 2.43 bits per heavy atom. The number of halogens is 2. The molecule has 0 saturated carbocycles. The van der Waals surface area contributed by atoms with Gasteiger partial charge in [0.15, 0.2) is 11.5 Å². The molecule has 0 spiro atoms. The highest BCUT2D eigenvalue weighted by atomic mass is 79.9. The van der Waals surface area contributed by atoms with Crippen LogP contribution in [-0.4, -0.2) is 15.5 Å². The number of hydrogen-bond donors (Lipinski definition) is 1. The van der Waals surface area contributed by atoms with Gasteiger partial charge in [-0.2, -0.15) is 8.42 Å². The highest BCUT2D eigenvalue weighted by Gasteiger charge is 2.22. The summed E-state index contributed by atoms with van der Waals surface area (Å²) in [5, 5.41) is 4.01. The molecule has 0 radical (unpaired) electrons. The lowest BCUT2D eigenvalue weighted by molar-refractivity contribution is 0.389. The van der Waals surface area contributed by atoms with Crippen LogP contribution in [0.1, 0.15) is 16.7 Å². The third-order valence-corrected chi connectivity index (χ3v) is 6.78. The van der Waals surface area contributed by atoms with Crippen LogP contribution in [0.2, 0.25) is 5.02 Å². The second-order valence-corrected chi connectivity index (χ2v) is 9.53. The molecule has 0 aliphatic heterocycles. The lowest BCUT2D eigenvalue weighted by Gasteiger charge is -2.15. The number of rotatable bonds is 7. The molecular weight excluding hydrogens is 490 g/mol. The average Bonchev–Trinajstić information content (AvgIpc) is 2.71. The van der Waals surface area contributed by atoms with Gasteiger partial charge in [-0.05, 0) is 77.3 Å². The SMILES string of the molecule is COc1cc(CNc2cccc(Cl)c2C)cc(Br)c1OS(=O)(=O)c1ccc(C)cc1. The smallest absolute Gasteiger partial charge is 0.339 e. The maximum atomic E-state index is 12.7. The van der Waals surface area contributed by atoms with Crippen LogP contribution >= 0.6 is 27.5 Å². The van der Waals surface area contributed by atoms with Gasteiger partial charge in [-0.15, -0.1) is 0 Å². The zero-order chi connectivity index (χ0) is 21.9. The standard InChI is InChI=1S/C22H21BrClNO4S/c1-14-7-9-17(10-8-14)30(26,27)29-22-18(23)11-16(12-21(22)28-3)13-25-20-6-4-5-19(24)15(20)2/h4-12,25H,13H2,1-3H3. The van der Waals surface area contributed by atoms with Gasteiger partial charge < -0.3 is 14.2 Å². The second-order valence-electron chi connectivity index (χ2n) is 6.73. The van der Waals surface area contributed by atoms with Crippen LogP contribution in [-0.2, 0) is 16.7 Å². The van der Waals surface area contributed by atoms with Crippen LogP contribution in [0.4, 0.5) is 5.69 Å². The van der Waals surface area contributed by atoms with Crippen molar-refractivity contribution in [2.75, 3.05) is 12.4 Å². The minimum Gasteiger partial charge on any atom is -0.493 e. The van der Waals surface area contributed by atoms with E-state index in [9.17, 15) is 8.42 Å². The summed E-state index contributed by atoms with van der Waals surface area (Å²) in [7, 11) is -2.54. The van der Waals surface area contributed by atoms with E-state index < -0.39 is 10.1 Å². The second kappa shape index (κ2) is 9.29. The monoisotopic (exact) mass is 509 g/mol. The molecular formula is C22H21BrClNO4S. The summed E-state index contributed by atoms with van der Waals surface area (Å²) in [6, 6.07) is 15.6. The van der Waals surface area contributed by atoms with Crippen molar-refractivity contribution in [2.45, 2.75) is 25.3 Å². The van der Waals surface area contributed by atoms with Gasteiger partial charge in [0.2, 0.25) is 0 Å². The van der Waals surface area contributed by atoms with E-state index in [0.717, 1.165) is 22.4 Å². The molecule has 0 heterocycles. The van der Waals surface area contributed by atoms with Crippen molar-refractivity contribution in [3.8, 4) is 11.5 Å². The molecule has 3 rings (SSSR count). The highest BCUT2D eigenvalue weighted by Crippen LogP contribution is 2.38. The highest BCUT2D eigenvalue weighted by molar-refractivity contribution is 9.10. The first-order chi connectivity index (χ1) is 14.2. The van der Waals surface area contributed by atoms with Crippen LogP contribution in [0.5, 0.6) is 11.5 Å². The van der Waals surface area contributed by atoms with E-state index in [2.05, 4.69) is 21.2 Å². The Bertz CT molecular complexity index is 1160. The van der Waals surface area contributed by atoms with Gasteiger partial charge in [-0.1, -0.05) is 35.4 Å². The summed E-state index contributed by atoms with van der Waals surface area (Å²) in [4.78, 5) is 0.0734. The number of hydrogen-bond acceptors (Lipinski definition) is 5. The van der Waals surface area contributed by atoms with Crippen LogP contribution in [0.15, 0.2) is 64.0 Å². The predicted octanol–water partition coefficient (Wildman–Crippen LogP) is 6.11. The molecule has 1 N–H and O–H groups in total. The van der Waals surface area contributed by atoms with Gasteiger partial charge in [-0.3, -0.25) is 0 Å². The van der Waals surface area contributed by atoms with Gasteiger partial charge in [0.25, 0.3) is 0 Å². The normalized spacial score (nSPS) is 11.2. The first kappa shape index (κ1) is 22.5. The summed E-state index contributed by atoms with van der Waals surface area (Å²) in [6.45, 7) is 4.31. The number of ether oxygens (including phenoxy) is 1. The van der Waals surface area contributed by atoms with Crippen molar-refractivity contribution in [1.29, 1.82) is 0 Å². The minimum atomic E-state index is -4.00. The molecule has 0 amide bonds. The molecule has 3 aromatic rings. The molecule has 0 aliphatic carbocycles. The topological polar surface area (TPSA) is 64.6 Å². The minimum absolute atomic E-state index is 0.0734. The van der Waals surface area contributed by atoms with E-state index in [0.29, 0.717) is 21.8 Å². The first-order valence-electron chi connectivity index (χ1n) is 9.08. The van der Waals surface area contributed by atoms with Gasteiger partial charge >= 0.3 is 10.1 Å². The lowest BCUT2D eigenvalue weighted by atomic mass is 10.1. The van der Waals surface area contributed by atoms with Crippen molar-refractivity contribution in [3.63, 3.8) is 0 Å². The summed E-state index contributed by atoms with van der Waals surface area (Å²) < 4.78 is 36.6. The molecule has 0 atom stereocenters. The van der Waals surface area contributed by atoms with Crippen LogP contribution < -0.4 is 14.2 Å². The van der Waals surface area contributed by atoms with Gasteiger partial charge in [0.1, 0.15) is 4.90 Å². The van der Waals surface area contributed by atoms with E-state index >= 15 is 0 Å². The molecule has 0 aromatic heterocycles. The predicted molar refractivity (Wildman–Crippen MR) is 123 cm³/mol. The van der Waals surface area contributed by atoms with Gasteiger partial charge in [0.05, 0.1) is 11.6 Å². The van der Waals surface area contributed by atoms with E-state index in [1.54, 1.807) is 24.3 Å². The fraction of sp³-hybridized carbons (Fsp3) is 0.182. The molecule has 158 valence electrons. The summed E-state index contributed by atoms with van der Waals surface area (Å²) in [5.74, 6) is 0.403. The molecule has 0 bridgehead atoms. The third kappa shape index (κ3) is 5.09. The van der Waals surface area contributed by atoms with Crippen molar-refractivity contribution >= 4 is 43.3 Å². The molecule has 0 fully saturated rings. The largest absolute Gasteiger partial charge is 0.493 e. The van der Waals surface area contributed by atoms with E-state index in [1.165, 1.54) is 19.2 Å². The fourth-order valence-corrected chi connectivity index (χ4v) is 4.62. The fourth-order valence-electron chi connectivity index (χ4n) is 2.82. The Morgan fingerprint density at radius 2 is 1.77 bits per heavy atom. The summed E-state index contributed by atoms with van der Waals surface area (Å²) in [6.07, 6.45) is 0. The molecule has 0 aliphatic rings.